The summed E-state index contributed by atoms with van der Waals surface area (Å²) in [6, 6.07) is 0. The van der Waals surface area contributed by atoms with Crippen molar-refractivity contribution in [3.8, 4) is 0 Å². The van der Waals surface area contributed by atoms with Crippen LogP contribution in [0.4, 0.5) is 0 Å². The predicted molar refractivity (Wildman–Crippen MR) is 50.1 cm³/mol. The van der Waals surface area contributed by atoms with Gasteiger partial charge >= 0.3 is 5.97 Å². The molecule has 2 rings (SSSR count). The van der Waals surface area contributed by atoms with Crippen molar-refractivity contribution in [1.82, 2.24) is 0 Å². The first-order valence-corrected chi connectivity index (χ1v) is 5.07. The van der Waals surface area contributed by atoms with Crippen LogP contribution in [0.3, 0.4) is 0 Å². The molecule has 3 atom stereocenters. The average molecular weight is 180 g/mol. The molecule has 13 heavy (non-hydrogen) atoms. The van der Waals surface area contributed by atoms with E-state index in [0.29, 0.717) is 11.8 Å². The molecule has 0 saturated heterocycles. The van der Waals surface area contributed by atoms with Gasteiger partial charge in [0.1, 0.15) is 0 Å². The van der Waals surface area contributed by atoms with E-state index in [0.717, 1.165) is 6.42 Å². The molecule has 0 heterocycles. The lowest BCUT2D eigenvalue weighted by Gasteiger charge is -2.27. The van der Waals surface area contributed by atoms with Gasteiger partial charge in [-0.15, -0.1) is 0 Å². The average Bonchev–Trinajstić information content (AvgIpc) is 2.63. The summed E-state index contributed by atoms with van der Waals surface area (Å²) in [7, 11) is 1.49. The molecule has 0 bridgehead atoms. The number of esters is 1. The van der Waals surface area contributed by atoms with E-state index in [1.54, 1.807) is 0 Å². The number of rotatable bonds is 1. The number of allylic oxidation sites excluding steroid dienone is 2. The molecule has 0 amide bonds. The van der Waals surface area contributed by atoms with Crippen molar-refractivity contribution in [3.63, 3.8) is 0 Å². The minimum absolute atomic E-state index is 0.0127. The highest BCUT2D eigenvalue weighted by Crippen LogP contribution is 2.42. The fourth-order valence-corrected chi connectivity index (χ4v) is 2.75. The Morgan fingerprint density at radius 2 is 2.31 bits per heavy atom. The molecule has 72 valence electrons. The van der Waals surface area contributed by atoms with Gasteiger partial charge in [-0.1, -0.05) is 18.6 Å². The summed E-state index contributed by atoms with van der Waals surface area (Å²) in [5.74, 6) is 1.35. The maximum atomic E-state index is 11.5. The molecule has 0 radical (unpaired) electrons. The zero-order valence-corrected chi connectivity index (χ0v) is 8.03. The summed E-state index contributed by atoms with van der Waals surface area (Å²) in [6.07, 6.45) is 9.05. The lowest BCUT2D eigenvalue weighted by Crippen LogP contribution is -2.28. The highest BCUT2D eigenvalue weighted by Gasteiger charge is 2.38. The van der Waals surface area contributed by atoms with Gasteiger partial charge in [-0.05, 0) is 31.1 Å². The van der Waals surface area contributed by atoms with E-state index in [9.17, 15) is 4.79 Å². The van der Waals surface area contributed by atoms with Gasteiger partial charge < -0.3 is 4.74 Å². The highest BCUT2D eigenvalue weighted by atomic mass is 16.5. The van der Waals surface area contributed by atoms with E-state index in [4.69, 9.17) is 4.74 Å². The fourth-order valence-electron chi connectivity index (χ4n) is 2.75. The number of fused-ring (bicyclic) bond motifs is 1. The Morgan fingerprint density at radius 1 is 1.46 bits per heavy atom. The van der Waals surface area contributed by atoms with Crippen LogP contribution in [0.25, 0.3) is 0 Å². The fraction of sp³-hybridized carbons (Fsp3) is 0.727. The zero-order valence-electron chi connectivity index (χ0n) is 8.03. The molecular formula is C11H16O2. The van der Waals surface area contributed by atoms with Gasteiger partial charge in [-0.25, -0.2) is 0 Å². The Labute approximate surface area is 79.0 Å². The SMILES string of the molecule is COC(=O)[C@@H]1CC=C[C@H]2CCC[C@@H]21. The highest BCUT2D eigenvalue weighted by molar-refractivity contribution is 5.73. The summed E-state index contributed by atoms with van der Waals surface area (Å²) in [5.41, 5.74) is 0. The van der Waals surface area contributed by atoms with Crippen molar-refractivity contribution in [3.05, 3.63) is 12.2 Å². The molecule has 2 aliphatic rings. The number of carbonyl (C=O) groups excluding carboxylic acids is 1. The van der Waals surface area contributed by atoms with Gasteiger partial charge in [0.05, 0.1) is 13.0 Å². The van der Waals surface area contributed by atoms with Gasteiger partial charge in [0.2, 0.25) is 0 Å². The van der Waals surface area contributed by atoms with Crippen molar-refractivity contribution < 1.29 is 9.53 Å². The van der Waals surface area contributed by atoms with Crippen LogP contribution in [-0.4, -0.2) is 13.1 Å². The summed E-state index contributed by atoms with van der Waals surface area (Å²) in [4.78, 5) is 11.5. The number of hydrogen-bond donors (Lipinski definition) is 0. The lowest BCUT2D eigenvalue weighted by atomic mass is 9.78. The molecule has 0 aromatic heterocycles. The molecular weight excluding hydrogens is 164 g/mol. The van der Waals surface area contributed by atoms with Crippen molar-refractivity contribution in [2.45, 2.75) is 25.7 Å². The smallest absolute Gasteiger partial charge is 0.309 e. The third-order valence-corrected chi connectivity index (χ3v) is 3.42. The molecule has 2 aliphatic carbocycles. The Balaban J connectivity index is 2.12. The van der Waals surface area contributed by atoms with E-state index in [-0.39, 0.29) is 11.9 Å². The van der Waals surface area contributed by atoms with Gasteiger partial charge in [0.25, 0.3) is 0 Å². The number of hydrogen-bond acceptors (Lipinski definition) is 2. The monoisotopic (exact) mass is 180 g/mol. The normalized spacial score (nSPS) is 37.2. The van der Waals surface area contributed by atoms with Crippen molar-refractivity contribution in [1.29, 1.82) is 0 Å². The predicted octanol–water partition coefficient (Wildman–Crippen LogP) is 2.15. The largest absolute Gasteiger partial charge is 0.469 e. The summed E-state index contributed by atoms with van der Waals surface area (Å²) < 4.78 is 4.83. The summed E-state index contributed by atoms with van der Waals surface area (Å²) in [5, 5.41) is 0. The minimum atomic E-state index is -0.0127. The van der Waals surface area contributed by atoms with E-state index in [2.05, 4.69) is 12.2 Å². The quantitative estimate of drug-likeness (QED) is 0.456. The first-order valence-electron chi connectivity index (χ1n) is 5.07. The first kappa shape index (κ1) is 8.79. The second-order valence-corrected chi connectivity index (χ2v) is 4.05. The molecule has 1 saturated carbocycles. The van der Waals surface area contributed by atoms with Crippen LogP contribution in [0.5, 0.6) is 0 Å². The van der Waals surface area contributed by atoms with Crippen LogP contribution in [0.2, 0.25) is 0 Å². The third kappa shape index (κ3) is 1.50. The van der Waals surface area contributed by atoms with Crippen LogP contribution >= 0.6 is 0 Å². The van der Waals surface area contributed by atoms with E-state index in [1.807, 2.05) is 0 Å². The Kier molecular flexibility index (Phi) is 2.38. The van der Waals surface area contributed by atoms with Crippen LogP contribution in [0, 0.1) is 17.8 Å². The topological polar surface area (TPSA) is 26.3 Å². The van der Waals surface area contributed by atoms with Crippen molar-refractivity contribution in [2.24, 2.45) is 17.8 Å². The van der Waals surface area contributed by atoms with Gasteiger partial charge in [0.15, 0.2) is 0 Å². The van der Waals surface area contributed by atoms with E-state index in [1.165, 1.54) is 26.4 Å². The van der Waals surface area contributed by atoms with Crippen molar-refractivity contribution >= 4 is 5.97 Å². The zero-order chi connectivity index (χ0) is 9.26. The number of ether oxygens (including phenoxy) is 1. The Morgan fingerprint density at radius 3 is 3.08 bits per heavy atom. The van der Waals surface area contributed by atoms with Crippen LogP contribution < -0.4 is 0 Å². The van der Waals surface area contributed by atoms with Gasteiger partial charge in [-0.2, -0.15) is 0 Å². The Hall–Kier alpha value is -0.790. The lowest BCUT2D eigenvalue weighted by molar-refractivity contribution is -0.147. The van der Waals surface area contributed by atoms with Crippen LogP contribution in [-0.2, 0) is 9.53 Å². The third-order valence-electron chi connectivity index (χ3n) is 3.42. The summed E-state index contributed by atoms with van der Waals surface area (Å²) in [6.45, 7) is 0. The summed E-state index contributed by atoms with van der Waals surface area (Å²) >= 11 is 0. The standard InChI is InChI=1S/C11H16O2/c1-13-11(12)10-7-3-5-8-4-2-6-9(8)10/h3,5,8-10H,2,4,6-7H2,1H3/t8-,9+,10-/m1/s1. The molecule has 2 heteroatoms. The molecule has 0 aliphatic heterocycles. The van der Waals surface area contributed by atoms with Crippen molar-refractivity contribution in [2.75, 3.05) is 7.11 Å². The molecule has 0 N–H and O–H groups in total. The van der Waals surface area contributed by atoms with E-state index < -0.39 is 0 Å². The van der Waals surface area contributed by atoms with Crippen LogP contribution in [0.1, 0.15) is 25.7 Å². The second-order valence-electron chi connectivity index (χ2n) is 4.05. The van der Waals surface area contributed by atoms with Crippen LogP contribution in [0.15, 0.2) is 12.2 Å². The number of methoxy groups -OCH3 is 1. The molecule has 0 aromatic carbocycles. The molecule has 0 spiro atoms. The number of carbonyl (C=O) groups is 1. The molecule has 0 aromatic rings. The van der Waals surface area contributed by atoms with Gasteiger partial charge in [0, 0.05) is 0 Å². The maximum absolute atomic E-state index is 11.5. The van der Waals surface area contributed by atoms with Gasteiger partial charge in [-0.3, -0.25) is 4.79 Å². The molecule has 1 fully saturated rings. The molecule has 2 nitrogen and oxygen atoms in total. The molecule has 0 unspecified atom stereocenters. The second kappa shape index (κ2) is 3.52. The Bertz CT molecular complexity index is 232. The maximum Gasteiger partial charge on any atom is 0.309 e. The van der Waals surface area contributed by atoms with E-state index >= 15 is 0 Å². The first-order chi connectivity index (χ1) is 6.33. The minimum Gasteiger partial charge on any atom is -0.469 e.